The number of hydrogen-bond acceptors (Lipinski definition) is 4. The molecule has 6 heteroatoms. The lowest BCUT2D eigenvalue weighted by Crippen LogP contribution is -2.52. The Labute approximate surface area is 136 Å². The molecule has 2 amide bonds. The fraction of sp³-hybridized carbons (Fsp3) is 0.529. The number of benzene rings is 1. The van der Waals surface area contributed by atoms with Gasteiger partial charge in [-0.15, -0.1) is 0 Å². The molecule has 1 aliphatic heterocycles. The van der Waals surface area contributed by atoms with Crippen molar-refractivity contribution in [1.82, 2.24) is 4.90 Å². The second kappa shape index (κ2) is 7.46. The monoisotopic (exact) mass is 320 g/mol. The van der Waals surface area contributed by atoms with E-state index in [0.29, 0.717) is 25.1 Å². The molecule has 23 heavy (non-hydrogen) atoms. The first kappa shape index (κ1) is 17.3. The van der Waals surface area contributed by atoms with Crippen molar-refractivity contribution in [2.45, 2.75) is 38.2 Å². The smallest absolute Gasteiger partial charge is 0.260 e. The van der Waals surface area contributed by atoms with Gasteiger partial charge in [-0.1, -0.05) is 19.1 Å². The molecular weight excluding hydrogens is 296 g/mol. The van der Waals surface area contributed by atoms with Gasteiger partial charge in [0.05, 0.1) is 12.0 Å². The van der Waals surface area contributed by atoms with E-state index < -0.39 is 11.5 Å². The Balaban J connectivity index is 1.88. The highest BCUT2D eigenvalue weighted by Gasteiger charge is 2.36. The number of primary amides is 1. The first-order valence-electron chi connectivity index (χ1n) is 7.92. The summed E-state index contributed by atoms with van der Waals surface area (Å²) < 4.78 is 5.51. The molecule has 1 aromatic carbocycles. The van der Waals surface area contributed by atoms with E-state index in [1.165, 1.54) is 10.5 Å². The number of nitrogens with zero attached hydrogens (tertiary/aromatic N) is 1. The molecule has 6 nitrogen and oxygen atoms in total. The number of aryl methyl sites for hydroxylation is 1. The topological polar surface area (TPSA) is 92.9 Å². The van der Waals surface area contributed by atoms with Gasteiger partial charge in [-0.2, -0.15) is 0 Å². The van der Waals surface area contributed by atoms with Gasteiger partial charge in [0.2, 0.25) is 5.91 Å². The van der Waals surface area contributed by atoms with Crippen LogP contribution in [0.1, 0.15) is 31.7 Å². The average molecular weight is 320 g/mol. The molecule has 1 saturated heterocycles. The van der Waals surface area contributed by atoms with E-state index >= 15 is 0 Å². The molecule has 1 aliphatic rings. The predicted molar refractivity (Wildman–Crippen MR) is 85.9 cm³/mol. The van der Waals surface area contributed by atoms with Crippen LogP contribution in [-0.2, 0) is 16.0 Å². The minimum absolute atomic E-state index is 0.0852. The molecule has 1 heterocycles. The molecule has 126 valence electrons. The number of amides is 2. The van der Waals surface area contributed by atoms with E-state index in [4.69, 9.17) is 10.5 Å². The maximum atomic E-state index is 12.2. The minimum Gasteiger partial charge on any atom is -0.484 e. The first-order valence-corrected chi connectivity index (χ1v) is 7.92. The molecule has 0 spiro atoms. The molecular formula is C17H24N2O4. The molecule has 1 atom stereocenters. The third-order valence-corrected chi connectivity index (χ3v) is 4.11. The van der Waals surface area contributed by atoms with Crippen LogP contribution in [0.25, 0.3) is 0 Å². The zero-order valence-corrected chi connectivity index (χ0v) is 13.5. The van der Waals surface area contributed by atoms with Crippen LogP contribution in [0.5, 0.6) is 5.75 Å². The fourth-order valence-electron chi connectivity index (χ4n) is 2.85. The summed E-state index contributed by atoms with van der Waals surface area (Å²) in [6, 6.07) is 7.61. The van der Waals surface area contributed by atoms with Gasteiger partial charge >= 0.3 is 0 Å². The molecule has 1 unspecified atom stereocenters. The van der Waals surface area contributed by atoms with Crippen LogP contribution in [0.15, 0.2) is 24.3 Å². The van der Waals surface area contributed by atoms with Gasteiger partial charge in [-0.3, -0.25) is 9.59 Å². The number of aliphatic hydroxyl groups is 1. The maximum Gasteiger partial charge on any atom is 0.260 e. The van der Waals surface area contributed by atoms with Crippen LogP contribution in [0.3, 0.4) is 0 Å². The number of carbonyl (C=O) groups excluding carboxylic acids is 2. The minimum atomic E-state index is -1.22. The summed E-state index contributed by atoms with van der Waals surface area (Å²) in [6.45, 7) is 2.66. The number of ether oxygens (including phenoxy) is 1. The summed E-state index contributed by atoms with van der Waals surface area (Å²) in [7, 11) is 0. The molecule has 1 fully saturated rings. The molecule has 0 aliphatic carbocycles. The second-order valence-corrected chi connectivity index (χ2v) is 6.07. The molecule has 0 saturated carbocycles. The summed E-state index contributed by atoms with van der Waals surface area (Å²) >= 11 is 0. The highest BCUT2D eigenvalue weighted by molar-refractivity contribution is 5.78. The largest absolute Gasteiger partial charge is 0.484 e. The SMILES string of the molecule is CCc1ccc(OCC(=O)N2CCCC(O)(CC(N)=O)C2)cc1. The summed E-state index contributed by atoms with van der Waals surface area (Å²) in [5.41, 5.74) is 5.15. The molecule has 1 aromatic rings. The predicted octanol–water partition coefficient (Wildman–Crippen LogP) is 0.857. The van der Waals surface area contributed by atoms with E-state index in [2.05, 4.69) is 6.92 Å². The van der Waals surface area contributed by atoms with Crippen molar-refractivity contribution >= 4 is 11.8 Å². The summed E-state index contributed by atoms with van der Waals surface area (Å²) in [5.74, 6) is -0.124. The quantitative estimate of drug-likeness (QED) is 0.813. The Morgan fingerprint density at radius 3 is 2.65 bits per heavy atom. The van der Waals surface area contributed by atoms with Crippen LogP contribution in [0.2, 0.25) is 0 Å². The van der Waals surface area contributed by atoms with Gasteiger partial charge in [0.25, 0.3) is 5.91 Å². The van der Waals surface area contributed by atoms with Gasteiger partial charge in [0.15, 0.2) is 6.61 Å². The lowest BCUT2D eigenvalue weighted by molar-refractivity contribution is -0.143. The summed E-state index contributed by atoms with van der Waals surface area (Å²) in [6.07, 6.45) is 1.93. The molecule has 2 rings (SSSR count). The third kappa shape index (κ3) is 4.96. The Kier molecular flexibility index (Phi) is 5.60. The lowest BCUT2D eigenvalue weighted by Gasteiger charge is -2.38. The molecule has 0 radical (unpaired) electrons. The van der Waals surface area contributed by atoms with Crippen LogP contribution in [0, 0.1) is 0 Å². The van der Waals surface area contributed by atoms with Gasteiger partial charge in [0, 0.05) is 13.1 Å². The molecule has 0 aromatic heterocycles. The number of rotatable bonds is 6. The van der Waals surface area contributed by atoms with Crippen molar-refractivity contribution in [2.24, 2.45) is 5.73 Å². The van der Waals surface area contributed by atoms with Crippen LogP contribution >= 0.6 is 0 Å². The normalized spacial score (nSPS) is 21.0. The van der Waals surface area contributed by atoms with E-state index in [0.717, 1.165) is 6.42 Å². The maximum absolute atomic E-state index is 12.2. The summed E-state index contributed by atoms with van der Waals surface area (Å²) in [4.78, 5) is 24.8. The van der Waals surface area contributed by atoms with Crippen molar-refractivity contribution in [3.05, 3.63) is 29.8 Å². The highest BCUT2D eigenvalue weighted by atomic mass is 16.5. The fourth-order valence-corrected chi connectivity index (χ4v) is 2.85. The van der Waals surface area contributed by atoms with Crippen LogP contribution < -0.4 is 10.5 Å². The number of hydrogen-bond donors (Lipinski definition) is 2. The number of likely N-dealkylation sites (tertiary alicyclic amines) is 1. The highest BCUT2D eigenvalue weighted by Crippen LogP contribution is 2.24. The number of nitrogens with two attached hydrogens (primary N) is 1. The van der Waals surface area contributed by atoms with Gasteiger partial charge < -0.3 is 20.5 Å². The standard InChI is InChI=1S/C17H24N2O4/c1-2-13-4-6-14(7-5-13)23-11-16(21)19-9-3-8-17(22,12-19)10-15(18)20/h4-7,22H,2-3,8-12H2,1H3,(H2,18,20). The van der Waals surface area contributed by atoms with Gasteiger partial charge in [-0.05, 0) is 37.0 Å². The van der Waals surface area contributed by atoms with Gasteiger partial charge in [0.1, 0.15) is 5.75 Å². The molecule has 3 N–H and O–H groups in total. The van der Waals surface area contributed by atoms with Crippen molar-refractivity contribution in [1.29, 1.82) is 0 Å². The van der Waals surface area contributed by atoms with E-state index in [1.807, 2.05) is 24.3 Å². The first-order chi connectivity index (χ1) is 10.9. The van der Waals surface area contributed by atoms with Gasteiger partial charge in [-0.25, -0.2) is 0 Å². The zero-order valence-electron chi connectivity index (χ0n) is 13.5. The van der Waals surface area contributed by atoms with E-state index in [9.17, 15) is 14.7 Å². The van der Waals surface area contributed by atoms with E-state index in [-0.39, 0.29) is 25.5 Å². The Hall–Kier alpha value is -2.08. The van der Waals surface area contributed by atoms with Crippen LogP contribution in [0.4, 0.5) is 0 Å². The summed E-state index contributed by atoms with van der Waals surface area (Å²) in [5, 5.41) is 10.4. The third-order valence-electron chi connectivity index (χ3n) is 4.11. The van der Waals surface area contributed by atoms with Crippen LogP contribution in [-0.4, -0.2) is 47.1 Å². The van der Waals surface area contributed by atoms with Crippen molar-refractivity contribution in [2.75, 3.05) is 19.7 Å². The van der Waals surface area contributed by atoms with Crippen molar-refractivity contribution in [3.8, 4) is 5.75 Å². The zero-order chi connectivity index (χ0) is 16.9. The Morgan fingerprint density at radius 2 is 2.04 bits per heavy atom. The Bertz CT molecular complexity index is 558. The number of β-amino-alcohol motifs (C(OH)–C–C–N with tert-alkyl or cyclic N) is 1. The second-order valence-electron chi connectivity index (χ2n) is 6.07. The molecule has 0 bridgehead atoms. The van der Waals surface area contributed by atoms with Crippen molar-refractivity contribution < 1.29 is 19.4 Å². The Morgan fingerprint density at radius 1 is 1.35 bits per heavy atom. The number of piperidine rings is 1. The average Bonchev–Trinajstić information content (AvgIpc) is 2.52. The van der Waals surface area contributed by atoms with E-state index in [1.54, 1.807) is 0 Å². The van der Waals surface area contributed by atoms with Crippen molar-refractivity contribution in [3.63, 3.8) is 0 Å². The lowest BCUT2D eigenvalue weighted by atomic mass is 9.89. The number of carbonyl (C=O) groups is 2.